The molecule has 2 aromatic rings. The van der Waals surface area contributed by atoms with Crippen molar-refractivity contribution in [1.82, 2.24) is 0 Å². The number of hydrogen-bond donors (Lipinski definition) is 0. The van der Waals surface area contributed by atoms with Crippen LogP contribution in [0.3, 0.4) is 0 Å². The SMILES string of the molecule is Fc1c(F)c(F)c(C#CC(C#Cc2ccccc2)=C(Br)Br)c(F)c1F. The molecule has 0 aliphatic heterocycles. The van der Waals surface area contributed by atoms with Gasteiger partial charge in [-0.2, -0.15) is 0 Å². The zero-order chi connectivity index (χ0) is 18.6. The highest BCUT2D eigenvalue weighted by molar-refractivity contribution is 9.28. The molecule has 0 fully saturated rings. The van der Waals surface area contributed by atoms with Crippen LogP contribution in [0.15, 0.2) is 39.3 Å². The van der Waals surface area contributed by atoms with Gasteiger partial charge in [-0.25, -0.2) is 22.0 Å². The lowest BCUT2D eigenvalue weighted by Gasteiger charge is -2.02. The highest BCUT2D eigenvalue weighted by Gasteiger charge is 2.24. The normalized spacial score (nSPS) is 9.56. The highest BCUT2D eigenvalue weighted by Crippen LogP contribution is 2.23. The Kier molecular flexibility index (Phi) is 6.41. The fourth-order valence-corrected chi connectivity index (χ4v) is 2.02. The Morgan fingerprint density at radius 2 is 1.16 bits per heavy atom. The molecule has 0 heterocycles. The molecule has 0 nitrogen and oxygen atoms in total. The van der Waals surface area contributed by atoms with Crippen LogP contribution in [0.4, 0.5) is 22.0 Å². The maximum absolute atomic E-state index is 13.6. The Balaban J connectivity index is 2.49. The van der Waals surface area contributed by atoms with E-state index in [0.717, 1.165) is 0 Å². The second-order valence-electron chi connectivity index (χ2n) is 4.45. The van der Waals surface area contributed by atoms with Gasteiger partial charge in [0.25, 0.3) is 0 Å². The summed E-state index contributed by atoms with van der Waals surface area (Å²) in [7, 11) is 0. The maximum atomic E-state index is 13.6. The van der Waals surface area contributed by atoms with Crippen molar-refractivity contribution >= 4 is 31.9 Å². The zero-order valence-corrected chi connectivity index (χ0v) is 15.2. The predicted molar refractivity (Wildman–Crippen MR) is 91.3 cm³/mol. The molecule has 0 spiro atoms. The summed E-state index contributed by atoms with van der Waals surface area (Å²) >= 11 is 6.12. The van der Waals surface area contributed by atoms with Crippen LogP contribution in [0.5, 0.6) is 0 Å². The van der Waals surface area contributed by atoms with Crippen LogP contribution in [0.1, 0.15) is 11.1 Å². The number of benzene rings is 2. The van der Waals surface area contributed by atoms with Crippen molar-refractivity contribution in [2.45, 2.75) is 0 Å². The standard InChI is InChI=1S/C18H5Br2F5/c19-18(20)11(7-6-10-4-2-1-3-5-10)8-9-12-13(21)15(23)17(25)16(24)14(12)22/h1-5H. The summed E-state index contributed by atoms with van der Waals surface area (Å²) < 4.78 is 66.8. The molecule has 0 aromatic heterocycles. The van der Waals surface area contributed by atoms with Crippen LogP contribution in [0.2, 0.25) is 0 Å². The second-order valence-corrected chi connectivity index (χ2v) is 7.10. The molecule has 2 rings (SSSR count). The van der Waals surface area contributed by atoms with Gasteiger partial charge in [0.05, 0.1) is 8.96 Å². The molecular formula is C18H5Br2F5. The Morgan fingerprint density at radius 3 is 1.68 bits per heavy atom. The average Bonchev–Trinajstić information content (AvgIpc) is 2.61. The summed E-state index contributed by atoms with van der Waals surface area (Å²) in [5.41, 5.74) is -0.510. The largest absolute Gasteiger partial charge is 0.202 e. The fraction of sp³-hybridized carbons (Fsp3) is 0. The molecule has 7 heteroatoms. The predicted octanol–water partition coefficient (Wildman–Crippen LogP) is 5.79. The Hall–Kier alpha value is -2.09. The maximum Gasteiger partial charge on any atom is 0.200 e. The first-order valence-electron chi connectivity index (χ1n) is 6.48. The van der Waals surface area contributed by atoms with Crippen LogP contribution in [-0.2, 0) is 0 Å². The highest BCUT2D eigenvalue weighted by atomic mass is 79.9. The molecule has 2 aromatic carbocycles. The van der Waals surface area contributed by atoms with Crippen molar-refractivity contribution in [2.75, 3.05) is 0 Å². The average molecular weight is 476 g/mol. The molecule has 126 valence electrons. The summed E-state index contributed by atoms with van der Waals surface area (Å²) in [6, 6.07) is 8.77. The van der Waals surface area contributed by atoms with Gasteiger partial charge in [-0.3, -0.25) is 0 Å². The summed E-state index contributed by atoms with van der Waals surface area (Å²) in [6.07, 6.45) is 0. The topological polar surface area (TPSA) is 0 Å². The molecule has 0 saturated carbocycles. The van der Waals surface area contributed by atoms with Crippen LogP contribution in [-0.4, -0.2) is 0 Å². The van der Waals surface area contributed by atoms with E-state index in [2.05, 4.69) is 49.6 Å². The van der Waals surface area contributed by atoms with E-state index in [4.69, 9.17) is 0 Å². The molecule has 0 N–H and O–H groups in total. The lowest BCUT2D eigenvalue weighted by atomic mass is 10.1. The van der Waals surface area contributed by atoms with Gasteiger partial charge in [0.1, 0.15) is 5.56 Å². The van der Waals surface area contributed by atoms with E-state index in [1.807, 2.05) is 5.92 Å². The van der Waals surface area contributed by atoms with Crippen LogP contribution in [0.25, 0.3) is 0 Å². The number of halogens is 7. The molecule has 0 amide bonds. The van der Waals surface area contributed by atoms with Gasteiger partial charge in [0.2, 0.25) is 5.82 Å². The Labute approximate surface area is 157 Å². The summed E-state index contributed by atoms with van der Waals surface area (Å²) in [4.78, 5) is 0. The minimum atomic E-state index is -2.23. The van der Waals surface area contributed by atoms with Crippen molar-refractivity contribution in [3.05, 3.63) is 79.5 Å². The van der Waals surface area contributed by atoms with Gasteiger partial charge < -0.3 is 0 Å². The third-order valence-electron chi connectivity index (χ3n) is 2.82. The third kappa shape index (κ3) is 4.50. The molecule has 0 unspecified atom stereocenters. The van der Waals surface area contributed by atoms with Crippen LogP contribution >= 0.6 is 31.9 Å². The quantitative estimate of drug-likeness (QED) is 0.196. The summed E-state index contributed by atoms with van der Waals surface area (Å²) in [5, 5.41) is 0. The summed E-state index contributed by atoms with van der Waals surface area (Å²) in [6.45, 7) is 0. The Bertz CT molecular complexity index is 941. The second kappa shape index (κ2) is 8.33. The van der Waals surface area contributed by atoms with Crippen molar-refractivity contribution < 1.29 is 22.0 Å². The van der Waals surface area contributed by atoms with Crippen LogP contribution in [0, 0.1) is 52.8 Å². The van der Waals surface area contributed by atoms with Gasteiger partial charge in [0, 0.05) is 5.56 Å². The fourth-order valence-electron chi connectivity index (χ4n) is 1.62. The first kappa shape index (κ1) is 19.2. The van der Waals surface area contributed by atoms with E-state index in [-0.39, 0.29) is 8.96 Å². The summed E-state index contributed by atoms with van der Waals surface area (Å²) in [5.74, 6) is -0.706. The minimum Gasteiger partial charge on any atom is -0.202 e. The molecule has 0 aliphatic rings. The molecule has 0 bridgehead atoms. The first-order valence-corrected chi connectivity index (χ1v) is 8.07. The first-order chi connectivity index (χ1) is 11.8. The van der Waals surface area contributed by atoms with Crippen molar-refractivity contribution in [1.29, 1.82) is 0 Å². The number of rotatable bonds is 0. The number of allylic oxidation sites excluding steroid dienone is 1. The van der Waals surface area contributed by atoms with Gasteiger partial charge in [0.15, 0.2) is 23.3 Å². The zero-order valence-electron chi connectivity index (χ0n) is 12.0. The van der Waals surface area contributed by atoms with Crippen molar-refractivity contribution in [3.8, 4) is 23.7 Å². The van der Waals surface area contributed by atoms with Gasteiger partial charge in [-0.1, -0.05) is 41.9 Å². The molecule has 0 aliphatic carbocycles. The van der Waals surface area contributed by atoms with E-state index in [0.29, 0.717) is 5.56 Å². The van der Waals surface area contributed by atoms with Gasteiger partial charge in [-0.05, 0) is 44.0 Å². The molecule has 0 saturated heterocycles. The van der Waals surface area contributed by atoms with E-state index >= 15 is 0 Å². The van der Waals surface area contributed by atoms with Gasteiger partial charge >= 0.3 is 0 Å². The van der Waals surface area contributed by atoms with E-state index in [1.54, 1.807) is 30.3 Å². The van der Waals surface area contributed by atoms with Crippen LogP contribution < -0.4 is 0 Å². The van der Waals surface area contributed by atoms with Crippen molar-refractivity contribution in [2.24, 2.45) is 0 Å². The molecule has 0 radical (unpaired) electrons. The monoisotopic (exact) mass is 474 g/mol. The van der Waals surface area contributed by atoms with E-state index in [9.17, 15) is 22.0 Å². The third-order valence-corrected chi connectivity index (χ3v) is 3.61. The lowest BCUT2D eigenvalue weighted by Crippen LogP contribution is -2.04. The molecule has 0 atom stereocenters. The Morgan fingerprint density at radius 1 is 0.680 bits per heavy atom. The number of hydrogen-bond acceptors (Lipinski definition) is 0. The van der Waals surface area contributed by atoms with E-state index in [1.165, 1.54) is 0 Å². The molecular weight excluding hydrogens is 471 g/mol. The van der Waals surface area contributed by atoms with E-state index < -0.39 is 34.6 Å². The minimum absolute atomic E-state index is 0.0628. The molecule has 25 heavy (non-hydrogen) atoms. The van der Waals surface area contributed by atoms with Gasteiger partial charge in [-0.15, -0.1) is 0 Å². The smallest absolute Gasteiger partial charge is 0.200 e. The van der Waals surface area contributed by atoms with Crippen molar-refractivity contribution in [3.63, 3.8) is 0 Å². The lowest BCUT2D eigenvalue weighted by molar-refractivity contribution is 0.376.